The number of aliphatic hydroxyl groups excluding tert-OH is 1. The Kier molecular flexibility index (Phi) is 19.0. The number of halogens is 12. The Labute approximate surface area is 385 Å². The number of methoxy groups -OCH3 is 2. The van der Waals surface area contributed by atoms with Crippen LogP contribution < -0.4 is 26.7 Å². The fourth-order valence-corrected chi connectivity index (χ4v) is 6.18. The van der Waals surface area contributed by atoms with Crippen molar-refractivity contribution in [2.75, 3.05) is 20.8 Å². The first-order valence-electron chi connectivity index (χ1n) is 19.9. The van der Waals surface area contributed by atoms with Crippen LogP contribution in [0.3, 0.4) is 0 Å². The second-order valence-corrected chi connectivity index (χ2v) is 16.1. The maximum Gasteiger partial charge on any atom is 0.407 e. The van der Waals surface area contributed by atoms with Crippen LogP contribution >= 0.6 is 0 Å². The van der Waals surface area contributed by atoms with Gasteiger partial charge in [0.25, 0.3) is 5.91 Å². The van der Waals surface area contributed by atoms with Gasteiger partial charge in [-0.15, -0.1) is 0 Å². The number of benzene rings is 2. The van der Waals surface area contributed by atoms with Crippen molar-refractivity contribution in [2.24, 2.45) is 10.8 Å². The summed E-state index contributed by atoms with van der Waals surface area (Å²) < 4.78 is 178. The van der Waals surface area contributed by atoms with E-state index in [1.807, 2.05) is 5.43 Å². The predicted octanol–water partition coefficient (Wildman–Crippen LogP) is 6.46. The molecule has 0 fully saturated rings. The number of aromatic nitrogens is 2. The summed E-state index contributed by atoms with van der Waals surface area (Å²) >= 11 is 0. The van der Waals surface area contributed by atoms with Crippen molar-refractivity contribution in [2.45, 2.75) is 90.3 Å². The molecule has 0 aliphatic rings. The number of nitrogens with one attached hydrogen (secondary N) is 6. The second-order valence-electron chi connectivity index (χ2n) is 16.1. The highest BCUT2D eigenvalue weighted by Crippen LogP contribution is 2.42. The Balaban J connectivity index is 2.20. The second kappa shape index (κ2) is 23.1. The highest BCUT2D eigenvalue weighted by molar-refractivity contribution is 6.06. The molecule has 4 amide bonds. The fraction of sp³-hybridized carbons (Fsp3) is 0.463. The van der Waals surface area contributed by atoms with E-state index in [1.165, 1.54) is 29.6 Å². The van der Waals surface area contributed by atoms with Gasteiger partial charge in [0.2, 0.25) is 5.91 Å². The smallest absolute Gasteiger partial charge is 0.407 e. The largest absolute Gasteiger partial charge is 0.453 e. The average molecular weight is 1010 g/mol. The van der Waals surface area contributed by atoms with Crippen LogP contribution in [0.2, 0.25) is 0 Å². The number of rotatable bonds is 21. The number of hydrogen-bond acceptors (Lipinski definition) is 11. The highest BCUT2D eigenvalue weighted by Gasteiger charge is 2.57. The number of amides is 4. The third-order valence-electron chi connectivity index (χ3n) is 10.6. The summed E-state index contributed by atoms with van der Waals surface area (Å²) in [5.41, 5.74) is -5.88. The number of alkyl carbamates (subject to hydrolysis) is 2. The normalized spacial score (nSPS) is 14.3. The first kappa shape index (κ1) is 56.7. The summed E-state index contributed by atoms with van der Waals surface area (Å²) in [6.45, 7) is -6.40. The summed E-state index contributed by atoms with van der Waals surface area (Å²) in [6, 6.07) is -0.494. The van der Waals surface area contributed by atoms with E-state index in [-0.39, 0.29) is 11.1 Å². The molecule has 0 aliphatic heterocycles. The van der Waals surface area contributed by atoms with Crippen molar-refractivity contribution in [1.82, 2.24) is 41.5 Å². The highest BCUT2D eigenvalue weighted by atomic mass is 19.4. The van der Waals surface area contributed by atoms with Gasteiger partial charge in [-0.3, -0.25) is 15.0 Å². The lowest BCUT2D eigenvalue weighted by atomic mass is 9.82. The van der Waals surface area contributed by atoms with E-state index < -0.39 is 132 Å². The van der Waals surface area contributed by atoms with E-state index in [2.05, 4.69) is 19.9 Å². The standard InChI is InChI=1S/C41H47F12N9O7/c1-38(2,40(48,49)50)30(58-36(66)68-5)32(64)57-28(13-20-7-9-21(10-8-20)23-16-56-62(17-23)35(46)47)29(63)19-61(60-33(65)31(59-37(67)69-6)39(3,4)41(51,52)53)18-24-25(42)14-22(15-26(24)43)27(54)11-12-55-34(44)45/h7-12,14-17,28-31,34-35,54-55,63H,13,18-19H2,1-6H3,(H,57,64)(H,58,66)(H,59,67)(H,60,65)/b12-11-,54-27?/t28-,29-,30+,31+/m0/s1. The number of nitrogens with zero attached hydrogens (tertiary/aromatic N) is 3. The lowest BCUT2D eigenvalue weighted by Gasteiger charge is -2.38. The fourth-order valence-electron chi connectivity index (χ4n) is 6.18. The molecule has 3 aromatic rings. The van der Waals surface area contributed by atoms with Gasteiger partial charge in [0.15, 0.2) is 0 Å². The van der Waals surface area contributed by atoms with E-state index in [0.29, 0.717) is 67.4 Å². The first-order chi connectivity index (χ1) is 31.8. The summed E-state index contributed by atoms with van der Waals surface area (Å²) in [6.07, 6.45) is -12.9. The first-order valence-corrected chi connectivity index (χ1v) is 19.9. The molecule has 16 nitrogen and oxygen atoms in total. The Morgan fingerprint density at radius 3 is 1.77 bits per heavy atom. The van der Waals surface area contributed by atoms with Crippen LogP contribution in [0.1, 0.15) is 50.9 Å². The molecule has 0 saturated heterocycles. The van der Waals surface area contributed by atoms with Crippen LogP contribution in [0.5, 0.6) is 0 Å². The van der Waals surface area contributed by atoms with Crippen molar-refractivity contribution in [3.05, 3.63) is 89.4 Å². The minimum absolute atomic E-state index is 0.148. The zero-order valence-corrected chi connectivity index (χ0v) is 37.1. The van der Waals surface area contributed by atoms with Crippen LogP contribution in [0.4, 0.5) is 62.3 Å². The number of hydrazine groups is 1. The van der Waals surface area contributed by atoms with Gasteiger partial charge in [0.1, 0.15) is 23.7 Å². The molecule has 382 valence electrons. The van der Waals surface area contributed by atoms with Crippen LogP contribution in [0, 0.1) is 27.9 Å². The average Bonchev–Trinajstić information content (AvgIpc) is 3.75. The molecule has 0 aliphatic carbocycles. The number of carbonyl (C=O) groups excluding carboxylic acids is 4. The molecule has 0 saturated carbocycles. The molecule has 0 radical (unpaired) electrons. The van der Waals surface area contributed by atoms with E-state index >= 15 is 8.78 Å². The van der Waals surface area contributed by atoms with Crippen molar-refractivity contribution in [3.8, 4) is 11.1 Å². The van der Waals surface area contributed by atoms with Gasteiger partial charge in [0.05, 0.1) is 49.1 Å². The van der Waals surface area contributed by atoms with Crippen molar-refractivity contribution < 1.29 is 86.4 Å². The van der Waals surface area contributed by atoms with Gasteiger partial charge in [-0.05, 0) is 63.5 Å². The van der Waals surface area contributed by atoms with E-state index in [1.54, 1.807) is 10.6 Å². The van der Waals surface area contributed by atoms with E-state index in [0.717, 1.165) is 26.6 Å². The zero-order valence-electron chi connectivity index (χ0n) is 37.1. The van der Waals surface area contributed by atoms with Crippen LogP contribution in [-0.2, 0) is 32.0 Å². The topological polar surface area (TPSA) is 212 Å². The minimum atomic E-state index is -5.26. The Morgan fingerprint density at radius 1 is 0.812 bits per heavy atom. The maximum absolute atomic E-state index is 15.8. The predicted molar refractivity (Wildman–Crippen MR) is 219 cm³/mol. The molecule has 3 rings (SSSR count). The van der Waals surface area contributed by atoms with Crippen molar-refractivity contribution in [1.29, 1.82) is 5.41 Å². The summed E-state index contributed by atoms with van der Waals surface area (Å²) in [7, 11) is 1.52. The zero-order chi connectivity index (χ0) is 52.4. The maximum atomic E-state index is 15.8. The number of aliphatic hydroxyl groups is 1. The third kappa shape index (κ3) is 15.0. The SMILES string of the molecule is COC(=O)N[C@H](C(=O)N[C@@H](Cc1ccc(-c2cnn(C(F)F)c2)cc1)[C@@H](O)CN(Cc1c(F)cc(C(=N)/C=C\NC(F)F)cc1F)NC(=O)[C@@H](NC(=O)OC)C(C)(C)C(F)(F)F)C(C)(C)C(F)(F)F. The summed E-state index contributed by atoms with van der Waals surface area (Å²) in [4.78, 5) is 52.2. The quantitative estimate of drug-likeness (QED) is 0.0268. The van der Waals surface area contributed by atoms with Gasteiger partial charge < -0.3 is 41.3 Å². The molecule has 69 heavy (non-hydrogen) atoms. The molecule has 1 heterocycles. The van der Waals surface area contributed by atoms with Crippen LogP contribution in [-0.4, -0.2) is 114 Å². The van der Waals surface area contributed by atoms with Crippen LogP contribution in [0.25, 0.3) is 11.1 Å². The minimum Gasteiger partial charge on any atom is -0.453 e. The van der Waals surface area contributed by atoms with E-state index in [4.69, 9.17) is 5.41 Å². The molecule has 0 bridgehead atoms. The number of carbonyl (C=O) groups is 4. The number of alkyl halides is 10. The molecule has 7 N–H and O–H groups in total. The van der Waals surface area contributed by atoms with E-state index in [9.17, 15) is 68.2 Å². The molecule has 0 unspecified atom stereocenters. The molecule has 2 aromatic carbocycles. The van der Waals surface area contributed by atoms with Gasteiger partial charge in [-0.1, -0.05) is 24.3 Å². The van der Waals surface area contributed by atoms with Gasteiger partial charge >= 0.3 is 37.6 Å². The molecule has 4 atom stereocenters. The third-order valence-corrected chi connectivity index (χ3v) is 10.6. The van der Waals surface area contributed by atoms with Gasteiger partial charge in [-0.2, -0.15) is 49.0 Å². The van der Waals surface area contributed by atoms with Crippen molar-refractivity contribution in [3.63, 3.8) is 0 Å². The molecular weight excluding hydrogens is 958 g/mol. The Hall–Kier alpha value is -6.58. The Morgan fingerprint density at radius 2 is 1.32 bits per heavy atom. The Bertz CT molecular complexity index is 2280. The molecular formula is C41H47F12N9O7. The number of hydrogen-bond donors (Lipinski definition) is 7. The molecule has 0 spiro atoms. The van der Waals surface area contributed by atoms with Crippen LogP contribution in [0.15, 0.2) is 61.1 Å². The van der Waals surface area contributed by atoms with Gasteiger partial charge in [-0.25, -0.2) is 28.1 Å². The monoisotopic (exact) mass is 1010 g/mol. The lowest BCUT2D eigenvalue weighted by Crippen LogP contribution is -2.63. The summed E-state index contributed by atoms with van der Waals surface area (Å²) in [5, 5.41) is 31.0. The lowest BCUT2D eigenvalue weighted by molar-refractivity contribution is -0.221. The summed E-state index contributed by atoms with van der Waals surface area (Å²) in [5.74, 6) is -6.37. The number of allylic oxidation sites excluding steroid dienone is 1. The van der Waals surface area contributed by atoms with Gasteiger partial charge in [0, 0.05) is 42.2 Å². The van der Waals surface area contributed by atoms with Crippen molar-refractivity contribution >= 4 is 29.7 Å². The molecule has 28 heteroatoms. The number of ether oxygens (including phenoxy) is 2. The molecule has 1 aromatic heterocycles.